The third-order valence-electron chi connectivity index (χ3n) is 14.3. The van der Waals surface area contributed by atoms with Crippen molar-refractivity contribution in [3.8, 4) is 0 Å². The highest BCUT2D eigenvalue weighted by molar-refractivity contribution is 5.89. The van der Waals surface area contributed by atoms with E-state index in [1.54, 1.807) is 14.7 Å². The maximum absolute atomic E-state index is 14.2. The number of hydrogen-bond donors (Lipinski definition) is 14. The molecular formula is C54H81N15O25. The Morgan fingerprint density at radius 1 is 0.426 bits per heavy atom. The van der Waals surface area contributed by atoms with Gasteiger partial charge in [0.1, 0.15) is 69.0 Å². The molecule has 94 heavy (non-hydrogen) atoms. The van der Waals surface area contributed by atoms with Gasteiger partial charge in [0.2, 0.25) is 23.6 Å². The Balaban J connectivity index is 1.96. The van der Waals surface area contributed by atoms with Crippen molar-refractivity contribution in [3.05, 3.63) is 36.4 Å². The summed E-state index contributed by atoms with van der Waals surface area (Å²) in [5.74, 6) is -16.8. The second-order valence-corrected chi connectivity index (χ2v) is 21.7. The normalized spacial score (nSPS) is 14.6. The fraction of sp³-hybridized carbons (Fsp3) is 0.611. The zero-order valence-electron chi connectivity index (χ0n) is 51.3. The van der Waals surface area contributed by atoms with E-state index in [-0.39, 0.29) is 129 Å². The highest BCUT2D eigenvalue weighted by atomic mass is 16.4. The lowest BCUT2D eigenvalue weighted by Crippen LogP contribution is -2.52. The van der Waals surface area contributed by atoms with Crippen LogP contribution in [0, 0.1) is 0 Å². The number of carboxylic acid groups (broad SMARTS) is 10. The van der Waals surface area contributed by atoms with Crippen molar-refractivity contribution in [2.24, 2.45) is 0 Å². The van der Waals surface area contributed by atoms with Crippen LogP contribution in [-0.4, -0.2) is 330 Å². The summed E-state index contributed by atoms with van der Waals surface area (Å²) in [6.07, 6.45) is 4.39. The van der Waals surface area contributed by atoms with Gasteiger partial charge in [-0.2, -0.15) is 0 Å². The molecule has 14 N–H and O–H groups in total. The highest BCUT2D eigenvalue weighted by Crippen LogP contribution is 2.14. The fourth-order valence-electron chi connectivity index (χ4n) is 9.62. The quantitative estimate of drug-likeness (QED) is 0.0276. The number of carbonyl (C=O) groups excluding carboxylic acids is 5. The zero-order chi connectivity index (χ0) is 70.0. The number of rotatable bonds is 43. The van der Waals surface area contributed by atoms with Gasteiger partial charge in [0.05, 0.1) is 39.3 Å². The molecule has 2 aromatic heterocycles. The Kier molecular flexibility index (Phi) is 34.0. The molecule has 522 valence electrons. The number of carboxylic acids is 10. The van der Waals surface area contributed by atoms with Crippen molar-refractivity contribution in [2.75, 3.05) is 118 Å². The number of urea groups is 1. The number of imidazole rings is 2. The van der Waals surface area contributed by atoms with Crippen LogP contribution in [0.5, 0.6) is 0 Å². The van der Waals surface area contributed by atoms with Gasteiger partial charge < -0.3 is 91.3 Å². The van der Waals surface area contributed by atoms with Crippen molar-refractivity contribution in [1.29, 1.82) is 0 Å². The minimum Gasteiger partial charge on any atom is -0.481 e. The monoisotopic (exact) mass is 1340 g/mol. The summed E-state index contributed by atoms with van der Waals surface area (Å²) in [7, 11) is 0. The van der Waals surface area contributed by atoms with Crippen molar-refractivity contribution < 1.29 is 123 Å². The van der Waals surface area contributed by atoms with Crippen LogP contribution in [0.2, 0.25) is 0 Å². The number of nitrogens with zero attached hydrogens (tertiary/aromatic N) is 11. The van der Waals surface area contributed by atoms with Crippen molar-refractivity contribution in [2.45, 2.75) is 95.7 Å². The molecule has 6 amide bonds. The zero-order valence-corrected chi connectivity index (χ0v) is 51.3. The molecule has 0 saturated carbocycles. The van der Waals surface area contributed by atoms with Crippen LogP contribution >= 0.6 is 0 Å². The van der Waals surface area contributed by atoms with Gasteiger partial charge in [0, 0.05) is 90.1 Å². The second kappa shape index (κ2) is 40.8. The first kappa shape index (κ1) is 78.3. The van der Waals surface area contributed by atoms with Crippen LogP contribution in [-0.2, 0) is 93.3 Å². The predicted molar refractivity (Wildman–Crippen MR) is 315 cm³/mol. The van der Waals surface area contributed by atoms with Crippen LogP contribution in [0.4, 0.5) is 4.79 Å². The first-order chi connectivity index (χ1) is 44.4. The molecule has 0 aliphatic carbocycles. The average Bonchev–Trinajstić information content (AvgIpc) is 1.73. The molecule has 0 spiro atoms. The Hall–Kier alpha value is -9.93. The number of aromatic nitrogens is 4. The molecule has 3 heterocycles. The van der Waals surface area contributed by atoms with E-state index in [1.807, 2.05) is 5.32 Å². The molecular weight excluding hydrogens is 1260 g/mol. The number of aliphatic carboxylic acids is 10. The molecule has 3 rings (SSSR count). The van der Waals surface area contributed by atoms with Gasteiger partial charge in [-0.25, -0.2) is 24.4 Å². The maximum atomic E-state index is 14.2. The lowest BCUT2D eigenvalue weighted by Gasteiger charge is -2.33. The van der Waals surface area contributed by atoms with E-state index in [4.69, 9.17) is 5.11 Å². The minimum absolute atomic E-state index is 0.0383. The smallest absolute Gasteiger partial charge is 0.326 e. The Morgan fingerprint density at radius 3 is 1.17 bits per heavy atom. The Morgan fingerprint density at radius 2 is 0.798 bits per heavy atom. The van der Waals surface area contributed by atoms with Gasteiger partial charge in [-0.15, -0.1) is 0 Å². The minimum atomic E-state index is -1.66. The van der Waals surface area contributed by atoms with Crippen LogP contribution in [0.25, 0.3) is 0 Å². The van der Waals surface area contributed by atoms with E-state index in [1.165, 1.54) is 43.7 Å². The summed E-state index contributed by atoms with van der Waals surface area (Å²) >= 11 is 0. The predicted octanol–water partition coefficient (Wildman–Crippen LogP) is -5.44. The van der Waals surface area contributed by atoms with Crippen LogP contribution in [0.15, 0.2) is 24.8 Å². The second-order valence-electron chi connectivity index (χ2n) is 21.7. The van der Waals surface area contributed by atoms with E-state index in [2.05, 4.69) is 25.9 Å². The number of unbranched alkanes of at least 4 members (excludes halogenated alkanes) is 2. The largest absolute Gasteiger partial charge is 0.481 e. The first-order valence-electron chi connectivity index (χ1n) is 29.4. The standard InChI is InChI=1S/C54H81N15O25/c70-40(25-61-15-17-62(28-44(75)76)19-21-64(30-46(79)80)22-20-63(18-16-61)29-45(77)78)58-35(51(89)57-9-3-1-6-36(52(90)91)59-54(94)60-37(53(92)93)7-8-43(73)74)5-2-4-12-65(23-38-55-10-13-66(38)26-41(71)68(31-47(81)82)32-48(83)84)24-39-56-11-14-67(39)27-42(72)69(33-49(85)86)34-50(87)88/h10-11,13-14,35-37H,1-9,12,15-34H2,(H,57,89)(H,58,70)(H,73,74)(H,75,76)(H,77,78)(H,79,80)(H,81,82)(H,83,84)(H,85,86)(H,87,88)(H,90,91)(H,92,93)(H2,59,60,94)/t35-,36+,37+/m1/s1. The number of nitrogens with one attached hydrogen (secondary N) is 4. The van der Waals surface area contributed by atoms with Gasteiger partial charge in [0.25, 0.3) is 0 Å². The summed E-state index contributed by atoms with van der Waals surface area (Å²) in [6.45, 7) is -6.39. The van der Waals surface area contributed by atoms with Gasteiger partial charge in [-0.05, 0) is 51.5 Å². The van der Waals surface area contributed by atoms with E-state index in [9.17, 15) is 118 Å². The maximum Gasteiger partial charge on any atom is 0.326 e. The molecule has 3 atom stereocenters. The van der Waals surface area contributed by atoms with Gasteiger partial charge in [-0.3, -0.25) is 82.0 Å². The molecule has 0 radical (unpaired) electrons. The summed E-state index contributed by atoms with van der Waals surface area (Å²) in [5, 5.41) is 104. The van der Waals surface area contributed by atoms with Crippen LogP contribution in [0.3, 0.4) is 0 Å². The van der Waals surface area contributed by atoms with Gasteiger partial charge in [-0.1, -0.05) is 0 Å². The molecule has 40 heteroatoms. The van der Waals surface area contributed by atoms with E-state index < -0.39 is 186 Å². The molecule has 2 aromatic rings. The molecule has 0 aromatic carbocycles. The van der Waals surface area contributed by atoms with Crippen LogP contribution < -0.4 is 21.3 Å². The van der Waals surface area contributed by atoms with E-state index in [0.29, 0.717) is 9.80 Å². The van der Waals surface area contributed by atoms with Crippen LogP contribution in [0.1, 0.15) is 63.0 Å². The summed E-state index contributed by atoms with van der Waals surface area (Å²) in [4.78, 5) is 202. The average molecular weight is 1340 g/mol. The third-order valence-corrected chi connectivity index (χ3v) is 14.3. The molecule has 1 fully saturated rings. The highest BCUT2D eigenvalue weighted by Gasteiger charge is 2.29. The SMILES string of the molecule is O=C(O)CC[C@H](NC(=O)N[C@@H](CCCCNC(=O)[C@@H](CCCCN(Cc1nccn1CC(=O)N(CC(=O)O)CC(=O)O)Cc1nccn1CC(=O)N(CC(=O)O)CC(=O)O)NC(=O)CN1CCN(CC(=O)O)CCN(CC(=O)O)CCN(CC(=O)O)CC1)C(=O)O)C(=O)O. The topological polar surface area (TPSA) is 565 Å². The van der Waals surface area contributed by atoms with Crippen molar-refractivity contribution in [3.63, 3.8) is 0 Å². The molecule has 1 aliphatic rings. The fourth-order valence-corrected chi connectivity index (χ4v) is 9.62. The Labute approximate surface area is 535 Å². The first-order valence-corrected chi connectivity index (χ1v) is 29.4. The molecule has 0 bridgehead atoms. The Bertz CT molecular complexity index is 2810. The summed E-state index contributed by atoms with van der Waals surface area (Å²) < 4.78 is 2.66. The lowest BCUT2D eigenvalue weighted by atomic mass is 10.1. The molecule has 0 unspecified atom stereocenters. The van der Waals surface area contributed by atoms with Gasteiger partial charge >= 0.3 is 65.7 Å². The number of hydrogen-bond acceptors (Lipinski definition) is 22. The molecule has 1 saturated heterocycles. The van der Waals surface area contributed by atoms with E-state index >= 15 is 0 Å². The third kappa shape index (κ3) is 31.9. The molecule has 40 nitrogen and oxygen atoms in total. The van der Waals surface area contributed by atoms with E-state index in [0.717, 1.165) is 0 Å². The number of carbonyl (C=O) groups is 15. The summed E-state index contributed by atoms with van der Waals surface area (Å²) in [6, 6.07) is -5.74. The van der Waals surface area contributed by atoms with Gasteiger partial charge in [0.15, 0.2) is 0 Å². The van der Waals surface area contributed by atoms with Crippen molar-refractivity contribution in [1.82, 2.24) is 74.7 Å². The number of amides is 6. The molecule has 1 aliphatic heterocycles. The summed E-state index contributed by atoms with van der Waals surface area (Å²) in [5.41, 5.74) is 0. The lowest BCUT2D eigenvalue weighted by molar-refractivity contribution is -0.150. The van der Waals surface area contributed by atoms with Crippen molar-refractivity contribution >= 4 is 89.4 Å².